The molecule has 2 aromatic rings. The molecule has 90 valence electrons. The van der Waals surface area contributed by atoms with E-state index in [-0.39, 0.29) is 0 Å². The van der Waals surface area contributed by atoms with Crippen molar-refractivity contribution >= 4 is 33.2 Å². The molecule has 1 atom stereocenters. The summed E-state index contributed by atoms with van der Waals surface area (Å²) in [6.45, 7) is 1.15. The van der Waals surface area contributed by atoms with Crippen LogP contribution in [-0.2, 0) is 6.42 Å². The van der Waals surface area contributed by atoms with Gasteiger partial charge in [0.05, 0.1) is 15.2 Å². The van der Waals surface area contributed by atoms with E-state index in [4.69, 9.17) is 11.6 Å². The quantitative estimate of drug-likeness (QED) is 0.898. The monoisotopic (exact) mass is 266 g/mol. The predicted molar refractivity (Wildman–Crippen MR) is 74.0 cm³/mol. The number of benzene rings is 1. The topological polar surface area (TPSA) is 24.9 Å². The van der Waals surface area contributed by atoms with E-state index in [1.807, 2.05) is 12.1 Å². The zero-order valence-corrected chi connectivity index (χ0v) is 11.2. The summed E-state index contributed by atoms with van der Waals surface area (Å²) >= 11 is 7.76. The SMILES string of the molecule is Clc1ccc2sc(CC3CCCCN3)nc2c1. The number of aromatic nitrogens is 1. The molecule has 0 radical (unpaired) electrons. The fourth-order valence-corrected chi connectivity index (χ4v) is 3.54. The number of halogens is 1. The van der Waals surface area contributed by atoms with Crippen molar-refractivity contribution in [2.45, 2.75) is 31.7 Å². The van der Waals surface area contributed by atoms with Gasteiger partial charge in [-0.25, -0.2) is 4.98 Å². The van der Waals surface area contributed by atoms with Gasteiger partial charge in [-0.2, -0.15) is 0 Å². The fraction of sp³-hybridized carbons (Fsp3) is 0.462. The molecule has 1 aromatic carbocycles. The van der Waals surface area contributed by atoms with Gasteiger partial charge < -0.3 is 5.32 Å². The number of nitrogens with one attached hydrogen (secondary N) is 1. The van der Waals surface area contributed by atoms with E-state index >= 15 is 0 Å². The smallest absolute Gasteiger partial charge is 0.0954 e. The van der Waals surface area contributed by atoms with Gasteiger partial charge in [0.15, 0.2) is 0 Å². The van der Waals surface area contributed by atoms with Gasteiger partial charge >= 0.3 is 0 Å². The number of hydrogen-bond acceptors (Lipinski definition) is 3. The van der Waals surface area contributed by atoms with E-state index in [1.165, 1.54) is 29.0 Å². The Kier molecular flexibility index (Phi) is 3.32. The molecule has 0 saturated carbocycles. The van der Waals surface area contributed by atoms with E-state index in [1.54, 1.807) is 11.3 Å². The van der Waals surface area contributed by atoms with Crippen LogP contribution >= 0.6 is 22.9 Å². The summed E-state index contributed by atoms with van der Waals surface area (Å²) in [7, 11) is 0. The van der Waals surface area contributed by atoms with Crippen molar-refractivity contribution in [3.05, 3.63) is 28.2 Å². The number of rotatable bonds is 2. The molecule has 17 heavy (non-hydrogen) atoms. The third-order valence-electron chi connectivity index (χ3n) is 3.23. The molecule has 0 spiro atoms. The largest absolute Gasteiger partial charge is 0.314 e. The normalized spacial score (nSPS) is 20.9. The number of nitrogens with zero attached hydrogens (tertiary/aromatic N) is 1. The summed E-state index contributed by atoms with van der Waals surface area (Å²) in [4.78, 5) is 4.66. The Morgan fingerprint density at radius 3 is 3.18 bits per heavy atom. The molecule has 1 unspecified atom stereocenters. The van der Waals surface area contributed by atoms with Crippen LogP contribution < -0.4 is 5.32 Å². The van der Waals surface area contributed by atoms with Crippen LogP contribution in [0.1, 0.15) is 24.3 Å². The Bertz CT molecular complexity index is 517. The average Bonchev–Trinajstić information content (AvgIpc) is 2.71. The van der Waals surface area contributed by atoms with Gasteiger partial charge in [-0.1, -0.05) is 18.0 Å². The lowest BCUT2D eigenvalue weighted by atomic mass is 10.0. The number of thiazole rings is 1. The Morgan fingerprint density at radius 2 is 2.35 bits per heavy atom. The van der Waals surface area contributed by atoms with Gasteiger partial charge in [-0.15, -0.1) is 11.3 Å². The van der Waals surface area contributed by atoms with Gasteiger partial charge in [-0.3, -0.25) is 0 Å². The maximum absolute atomic E-state index is 5.97. The lowest BCUT2D eigenvalue weighted by Crippen LogP contribution is -2.35. The molecule has 1 fully saturated rings. The van der Waals surface area contributed by atoms with Crippen LogP contribution in [-0.4, -0.2) is 17.6 Å². The Hall–Kier alpha value is -0.640. The van der Waals surface area contributed by atoms with Crippen molar-refractivity contribution in [2.75, 3.05) is 6.54 Å². The van der Waals surface area contributed by atoms with Crippen molar-refractivity contribution in [3.8, 4) is 0 Å². The zero-order chi connectivity index (χ0) is 11.7. The lowest BCUT2D eigenvalue weighted by molar-refractivity contribution is 0.399. The summed E-state index contributed by atoms with van der Waals surface area (Å²) in [5.41, 5.74) is 1.04. The van der Waals surface area contributed by atoms with Crippen LogP contribution in [0.5, 0.6) is 0 Å². The molecule has 2 nitrogen and oxygen atoms in total. The first-order valence-corrected chi connectivity index (χ1v) is 7.29. The molecule has 1 aromatic heterocycles. The van der Waals surface area contributed by atoms with E-state index in [0.717, 1.165) is 23.5 Å². The van der Waals surface area contributed by atoms with E-state index < -0.39 is 0 Å². The Morgan fingerprint density at radius 1 is 1.41 bits per heavy atom. The third kappa shape index (κ3) is 2.62. The first-order valence-electron chi connectivity index (χ1n) is 6.09. The van der Waals surface area contributed by atoms with Gasteiger partial charge in [0, 0.05) is 17.5 Å². The highest BCUT2D eigenvalue weighted by molar-refractivity contribution is 7.18. The second kappa shape index (κ2) is 4.92. The van der Waals surface area contributed by atoms with Crippen molar-refractivity contribution in [3.63, 3.8) is 0 Å². The van der Waals surface area contributed by atoms with Crippen molar-refractivity contribution in [1.82, 2.24) is 10.3 Å². The first-order chi connectivity index (χ1) is 8.31. The molecule has 1 aliphatic rings. The highest BCUT2D eigenvalue weighted by atomic mass is 35.5. The van der Waals surface area contributed by atoms with Crippen LogP contribution in [0.25, 0.3) is 10.2 Å². The summed E-state index contributed by atoms with van der Waals surface area (Å²) in [5, 5.41) is 5.56. The Labute approximate surface area is 110 Å². The van der Waals surface area contributed by atoms with Crippen molar-refractivity contribution in [2.24, 2.45) is 0 Å². The minimum Gasteiger partial charge on any atom is -0.314 e. The van der Waals surface area contributed by atoms with Crippen LogP contribution in [0.3, 0.4) is 0 Å². The van der Waals surface area contributed by atoms with Crippen LogP contribution in [0, 0.1) is 0 Å². The molecule has 4 heteroatoms. The summed E-state index contributed by atoms with van der Waals surface area (Å²) < 4.78 is 1.24. The van der Waals surface area contributed by atoms with Gasteiger partial charge in [0.1, 0.15) is 0 Å². The van der Waals surface area contributed by atoms with Crippen molar-refractivity contribution in [1.29, 1.82) is 0 Å². The van der Waals surface area contributed by atoms with Gasteiger partial charge in [-0.05, 0) is 37.6 Å². The molecular weight excluding hydrogens is 252 g/mol. The van der Waals surface area contributed by atoms with Crippen LogP contribution in [0.2, 0.25) is 5.02 Å². The number of hydrogen-bond donors (Lipinski definition) is 1. The maximum atomic E-state index is 5.97. The van der Waals surface area contributed by atoms with E-state index in [0.29, 0.717) is 6.04 Å². The second-order valence-corrected chi connectivity index (χ2v) is 6.12. The Balaban J connectivity index is 1.80. The molecule has 0 aliphatic carbocycles. The van der Waals surface area contributed by atoms with E-state index in [2.05, 4.69) is 16.4 Å². The maximum Gasteiger partial charge on any atom is 0.0954 e. The van der Waals surface area contributed by atoms with Gasteiger partial charge in [0.2, 0.25) is 0 Å². The zero-order valence-electron chi connectivity index (χ0n) is 9.58. The minimum atomic E-state index is 0.611. The minimum absolute atomic E-state index is 0.611. The summed E-state index contributed by atoms with van der Waals surface area (Å²) in [5.74, 6) is 0. The number of fused-ring (bicyclic) bond motifs is 1. The van der Waals surface area contributed by atoms with Crippen LogP contribution in [0.15, 0.2) is 18.2 Å². The molecule has 1 N–H and O–H groups in total. The molecule has 1 aliphatic heterocycles. The first kappa shape index (κ1) is 11.5. The van der Waals surface area contributed by atoms with Crippen LogP contribution in [0.4, 0.5) is 0 Å². The fourth-order valence-electron chi connectivity index (χ4n) is 2.34. The summed E-state index contributed by atoms with van der Waals surface area (Å²) in [6, 6.07) is 6.56. The predicted octanol–water partition coefficient (Wildman–Crippen LogP) is 3.63. The van der Waals surface area contributed by atoms with Crippen molar-refractivity contribution < 1.29 is 0 Å². The molecule has 3 rings (SSSR count). The molecule has 1 saturated heterocycles. The highest BCUT2D eigenvalue weighted by Crippen LogP contribution is 2.26. The molecule has 0 bridgehead atoms. The highest BCUT2D eigenvalue weighted by Gasteiger charge is 2.15. The molecular formula is C13H15ClN2S. The third-order valence-corrected chi connectivity index (χ3v) is 4.52. The molecule has 0 amide bonds. The van der Waals surface area contributed by atoms with E-state index in [9.17, 15) is 0 Å². The second-order valence-electron chi connectivity index (χ2n) is 4.57. The average molecular weight is 267 g/mol. The standard InChI is InChI=1S/C13H15ClN2S/c14-9-4-5-12-11(7-9)16-13(17-12)8-10-3-1-2-6-15-10/h4-5,7,10,15H,1-3,6,8H2. The lowest BCUT2D eigenvalue weighted by Gasteiger charge is -2.22. The van der Waals surface area contributed by atoms with Gasteiger partial charge in [0.25, 0.3) is 0 Å². The summed E-state index contributed by atoms with van der Waals surface area (Å²) in [6.07, 6.45) is 4.98. The molecule has 2 heterocycles. The number of piperidine rings is 1.